The van der Waals surface area contributed by atoms with Crippen LogP contribution in [0, 0.1) is 0 Å². The lowest BCUT2D eigenvalue weighted by Gasteiger charge is -2.27. The maximum absolute atomic E-state index is 12.5. The molecule has 88 valence electrons. The predicted molar refractivity (Wildman–Crippen MR) is 55.8 cm³/mol. The standard InChI is InChI=1S/C11H13F3N2/c12-11(13,14)9-3-6-16-10(7-9)8-1-4-15-5-2-8/h1-4,10,15-16H,5-7H2. The van der Waals surface area contributed by atoms with Gasteiger partial charge < -0.3 is 10.6 Å². The zero-order valence-electron chi connectivity index (χ0n) is 8.64. The molecule has 0 spiro atoms. The van der Waals surface area contributed by atoms with E-state index in [0.717, 1.165) is 5.57 Å². The van der Waals surface area contributed by atoms with Crippen LogP contribution in [0.25, 0.3) is 0 Å². The first-order chi connectivity index (χ1) is 7.57. The fourth-order valence-corrected chi connectivity index (χ4v) is 1.89. The number of hydrogen-bond donors (Lipinski definition) is 2. The van der Waals surface area contributed by atoms with Gasteiger partial charge in [0.15, 0.2) is 0 Å². The van der Waals surface area contributed by atoms with E-state index in [1.165, 1.54) is 6.08 Å². The van der Waals surface area contributed by atoms with E-state index >= 15 is 0 Å². The summed E-state index contributed by atoms with van der Waals surface area (Å²) >= 11 is 0. The van der Waals surface area contributed by atoms with Crippen LogP contribution >= 0.6 is 0 Å². The molecule has 0 aromatic carbocycles. The van der Waals surface area contributed by atoms with E-state index in [2.05, 4.69) is 10.6 Å². The minimum atomic E-state index is -4.20. The van der Waals surface area contributed by atoms with E-state index in [1.807, 2.05) is 12.2 Å². The second kappa shape index (κ2) is 4.33. The van der Waals surface area contributed by atoms with Crippen LogP contribution in [-0.4, -0.2) is 25.3 Å². The molecule has 0 bridgehead atoms. The average Bonchev–Trinajstić information content (AvgIpc) is 2.29. The molecule has 16 heavy (non-hydrogen) atoms. The van der Waals surface area contributed by atoms with Crippen molar-refractivity contribution >= 4 is 0 Å². The highest BCUT2D eigenvalue weighted by Gasteiger charge is 2.36. The lowest BCUT2D eigenvalue weighted by atomic mass is 9.94. The number of rotatable bonds is 1. The van der Waals surface area contributed by atoms with Crippen LogP contribution in [0.15, 0.2) is 35.6 Å². The molecule has 5 heteroatoms. The van der Waals surface area contributed by atoms with Gasteiger partial charge in [-0.3, -0.25) is 0 Å². The SMILES string of the molecule is FC(F)(F)C1=CCNC(C2=CCNC=C2)C1. The molecule has 1 unspecified atom stereocenters. The zero-order valence-corrected chi connectivity index (χ0v) is 8.64. The van der Waals surface area contributed by atoms with Crippen LogP contribution < -0.4 is 10.6 Å². The van der Waals surface area contributed by atoms with Crippen molar-refractivity contribution < 1.29 is 13.2 Å². The van der Waals surface area contributed by atoms with E-state index in [4.69, 9.17) is 0 Å². The third-order valence-electron chi connectivity index (χ3n) is 2.75. The van der Waals surface area contributed by atoms with Crippen molar-refractivity contribution in [3.8, 4) is 0 Å². The Bertz CT molecular complexity index is 353. The molecule has 0 amide bonds. The summed E-state index contributed by atoms with van der Waals surface area (Å²) in [6.45, 7) is 0.952. The minimum absolute atomic E-state index is 0.0136. The quantitative estimate of drug-likeness (QED) is 0.672. The first-order valence-electron chi connectivity index (χ1n) is 5.17. The van der Waals surface area contributed by atoms with Crippen molar-refractivity contribution in [2.24, 2.45) is 0 Å². The molecule has 0 aromatic rings. The molecule has 0 saturated carbocycles. The maximum Gasteiger partial charge on any atom is 0.412 e. The summed E-state index contributed by atoms with van der Waals surface area (Å²) in [5.41, 5.74) is 0.498. The van der Waals surface area contributed by atoms with Crippen molar-refractivity contribution in [1.82, 2.24) is 10.6 Å². The van der Waals surface area contributed by atoms with Crippen LogP contribution in [0.4, 0.5) is 13.2 Å². The van der Waals surface area contributed by atoms with E-state index in [0.29, 0.717) is 6.54 Å². The highest BCUT2D eigenvalue weighted by Crippen LogP contribution is 2.32. The lowest BCUT2D eigenvalue weighted by Crippen LogP contribution is -2.38. The van der Waals surface area contributed by atoms with Gasteiger partial charge in [0.2, 0.25) is 0 Å². The fraction of sp³-hybridized carbons (Fsp3) is 0.455. The second-order valence-corrected chi connectivity index (χ2v) is 3.84. The van der Waals surface area contributed by atoms with Crippen molar-refractivity contribution in [2.75, 3.05) is 13.1 Å². The summed E-state index contributed by atoms with van der Waals surface area (Å²) in [6.07, 6.45) is 2.54. The van der Waals surface area contributed by atoms with Crippen molar-refractivity contribution in [3.63, 3.8) is 0 Å². The van der Waals surface area contributed by atoms with Crippen molar-refractivity contribution in [3.05, 3.63) is 35.6 Å². The molecule has 0 saturated heterocycles. The number of halogens is 3. The number of dihydropyridines is 1. The van der Waals surface area contributed by atoms with E-state index in [9.17, 15) is 13.2 Å². The third-order valence-corrected chi connectivity index (χ3v) is 2.75. The Morgan fingerprint density at radius 3 is 2.62 bits per heavy atom. The predicted octanol–water partition coefficient (Wildman–Crippen LogP) is 1.88. The highest BCUT2D eigenvalue weighted by atomic mass is 19.4. The fourth-order valence-electron chi connectivity index (χ4n) is 1.89. The van der Waals surface area contributed by atoms with Gasteiger partial charge in [0.05, 0.1) is 0 Å². The molecule has 2 aliphatic rings. The van der Waals surface area contributed by atoms with E-state index < -0.39 is 11.7 Å². The van der Waals surface area contributed by atoms with Gasteiger partial charge in [-0.05, 0) is 24.3 Å². The van der Waals surface area contributed by atoms with Gasteiger partial charge in [-0.25, -0.2) is 0 Å². The summed E-state index contributed by atoms with van der Waals surface area (Å²) in [5, 5.41) is 6.04. The molecule has 2 N–H and O–H groups in total. The van der Waals surface area contributed by atoms with E-state index in [-0.39, 0.29) is 19.0 Å². The van der Waals surface area contributed by atoms with Crippen LogP contribution in [0.5, 0.6) is 0 Å². The molecule has 1 atom stereocenters. The molecule has 2 rings (SSSR count). The Morgan fingerprint density at radius 2 is 2.00 bits per heavy atom. The van der Waals surface area contributed by atoms with Gasteiger partial charge in [0.1, 0.15) is 0 Å². The molecule has 2 nitrogen and oxygen atoms in total. The van der Waals surface area contributed by atoms with Gasteiger partial charge in [0.25, 0.3) is 0 Å². The smallest absolute Gasteiger partial charge is 0.387 e. The first-order valence-corrected chi connectivity index (χ1v) is 5.17. The highest BCUT2D eigenvalue weighted by molar-refractivity contribution is 5.32. The van der Waals surface area contributed by atoms with Gasteiger partial charge in [-0.2, -0.15) is 13.2 Å². The van der Waals surface area contributed by atoms with Crippen LogP contribution in [0.1, 0.15) is 6.42 Å². The van der Waals surface area contributed by atoms with Gasteiger partial charge in [-0.15, -0.1) is 0 Å². The van der Waals surface area contributed by atoms with Crippen LogP contribution in [-0.2, 0) is 0 Å². The molecule has 0 aromatic heterocycles. The van der Waals surface area contributed by atoms with E-state index in [1.54, 1.807) is 6.20 Å². The minimum Gasteiger partial charge on any atom is -0.387 e. The van der Waals surface area contributed by atoms with Gasteiger partial charge in [-0.1, -0.05) is 12.2 Å². The molecule has 0 fully saturated rings. The van der Waals surface area contributed by atoms with Gasteiger partial charge in [0, 0.05) is 24.7 Å². The first kappa shape index (κ1) is 11.3. The Labute approximate surface area is 91.9 Å². The Kier molecular flexibility index (Phi) is 3.05. The largest absolute Gasteiger partial charge is 0.412 e. The van der Waals surface area contributed by atoms with Gasteiger partial charge >= 0.3 is 6.18 Å². The molecule has 0 aliphatic carbocycles. The summed E-state index contributed by atoms with van der Waals surface area (Å²) in [4.78, 5) is 0. The molecular weight excluding hydrogens is 217 g/mol. The van der Waals surface area contributed by atoms with Crippen LogP contribution in [0.3, 0.4) is 0 Å². The summed E-state index contributed by atoms with van der Waals surface area (Å²) in [6, 6.07) is -0.222. The maximum atomic E-state index is 12.5. The normalized spacial score (nSPS) is 25.8. The average molecular weight is 230 g/mol. The number of nitrogens with one attached hydrogen (secondary N) is 2. The third kappa shape index (κ3) is 2.47. The Hall–Kier alpha value is -1.23. The Morgan fingerprint density at radius 1 is 1.19 bits per heavy atom. The number of hydrogen-bond acceptors (Lipinski definition) is 2. The summed E-state index contributed by atoms with van der Waals surface area (Å²) in [5.74, 6) is 0. The van der Waals surface area contributed by atoms with Crippen LogP contribution in [0.2, 0.25) is 0 Å². The summed E-state index contributed by atoms with van der Waals surface area (Å²) < 4.78 is 37.6. The topological polar surface area (TPSA) is 24.1 Å². The molecular formula is C11H13F3N2. The Balaban J connectivity index is 2.08. The molecule has 2 aliphatic heterocycles. The monoisotopic (exact) mass is 230 g/mol. The lowest BCUT2D eigenvalue weighted by molar-refractivity contribution is -0.0953. The number of alkyl halides is 3. The zero-order chi connectivity index (χ0) is 11.6. The molecule has 2 heterocycles. The second-order valence-electron chi connectivity index (χ2n) is 3.84. The summed E-state index contributed by atoms with van der Waals surface area (Å²) in [7, 11) is 0. The molecule has 0 radical (unpaired) electrons. The van der Waals surface area contributed by atoms with Crippen molar-refractivity contribution in [2.45, 2.75) is 18.6 Å². The van der Waals surface area contributed by atoms with Crippen molar-refractivity contribution in [1.29, 1.82) is 0 Å².